The molecule has 0 aliphatic carbocycles. The molecule has 0 fully saturated rings. The minimum atomic E-state index is -1.87. The van der Waals surface area contributed by atoms with Gasteiger partial charge in [-0.15, -0.1) is 0 Å². The fourth-order valence-electron chi connectivity index (χ4n) is 1.71. The summed E-state index contributed by atoms with van der Waals surface area (Å²) >= 11 is 0. The lowest BCUT2D eigenvalue weighted by atomic mass is 10.2. The maximum atomic E-state index is 11.6. The minimum Gasteiger partial charge on any atom is -0.543 e. The molecule has 0 spiro atoms. The van der Waals surface area contributed by atoms with E-state index in [2.05, 4.69) is 39.2 Å². The van der Waals surface area contributed by atoms with E-state index < -0.39 is 20.0 Å². The van der Waals surface area contributed by atoms with Crippen LogP contribution < -0.4 is 14.5 Å². The summed E-state index contributed by atoms with van der Waals surface area (Å²) in [6.07, 6.45) is -0.439. The highest BCUT2D eigenvalue weighted by molar-refractivity contribution is 6.74. The van der Waals surface area contributed by atoms with E-state index in [0.717, 1.165) is 11.5 Å². The summed E-state index contributed by atoms with van der Waals surface area (Å²) in [4.78, 5) is 11.6. The Morgan fingerprint density at radius 1 is 1.08 bits per heavy atom. The molecule has 0 saturated heterocycles. The highest BCUT2D eigenvalue weighted by Crippen LogP contribution is 2.37. The maximum Gasteiger partial charge on any atom is 0.407 e. The zero-order chi connectivity index (χ0) is 19.3. The number of rotatable bonds is 6. The molecule has 1 rings (SSSR count). The maximum absolute atomic E-state index is 11.6. The Labute approximate surface area is 153 Å². The van der Waals surface area contributed by atoms with Gasteiger partial charge in [-0.1, -0.05) is 26.8 Å². The van der Waals surface area contributed by atoms with Crippen LogP contribution in [0.1, 0.15) is 41.5 Å². The second-order valence-corrected chi connectivity index (χ2v) is 13.3. The van der Waals surface area contributed by atoms with Crippen molar-refractivity contribution in [1.29, 1.82) is 0 Å². The number of hydrogen-bond donors (Lipinski definition) is 1. The molecule has 5 nitrogen and oxygen atoms in total. The van der Waals surface area contributed by atoms with Gasteiger partial charge in [-0.2, -0.15) is 0 Å². The Balaban J connectivity index is 2.50. The van der Waals surface area contributed by atoms with Gasteiger partial charge in [-0.3, -0.25) is 0 Å². The van der Waals surface area contributed by atoms with E-state index in [1.807, 2.05) is 45.0 Å². The molecule has 0 aromatic heterocycles. The molecular weight excluding hydrogens is 334 g/mol. The molecule has 0 radical (unpaired) electrons. The van der Waals surface area contributed by atoms with Crippen molar-refractivity contribution in [3.63, 3.8) is 0 Å². The lowest BCUT2D eigenvalue weighted by molar-refractivity contribution is 0.0520. The first-order valence-corrected chi connectivity index (χ1v) is 11.6. The Kier molecular flexibility index (Phi) is 6.94. The number of benzene rings is 1. The number of carbonyl (C=O) groups excluding carboxylic acids is 1. The third kappa shape index (κ3) is 7.82. The van der Waals surface area contributed by atoms with Gasteiger partial charge in [0.1, 0.15) is 23.7 Å². The molecule has 25 heavy (non-hydrogen) atoms. The van der Waals surface area contributed by atoms with E-state index in [9.17, 15) is 4.79 Å². The third-order valence-electron chi connectivity index (χ3n) is 4.02. The van der Waals surface area contributed by atoms with Crippen molar-refractivity contribution in [2.24, 2.45) is 0 Å². The van der Waals surface area contributed by atoms with Crippen LogP contribution in [-0.2, 0) is 4.74 Å². The molecule has 1 aromatic carbocycles. The summed E-state index contributed by atoms with van der Waals surface area (Å²) in [5, 5.41) is 2.81. The summed E-state index contributed by atoms with van der Waals surface area (Å²) in [5.74, 6) is 1.55. The molecule has 0 aliphatic heterocycles. The number of hydrogen-bond acceptors (Lipinski definition) is 4. The average molecular weight is 368 g/mol. The van der Waals surface area contributed by atoms with Crippen LogP contribution in [0.3, 0.4) is 0 Å². The van der Waals surface area contributed by atoms with Crippen LogP contribution in [0.5, 0.6) is 11.5 Å². The van der Waals surface area contributed by atoms with Crippen LogP contribution in [-0.4, -0.2) is 33.2 Å². The Hall–Kier alpha value is -1.69. The van der Waals surface area contributed by atoms with Crippen LogP contribution in [0.25, 0.3) is 0 Å². The van der Waals surface area contributed by atoms with Gasteiger partial charge >= 0.3 is 6.09 Å². The van der Waals surface area contributed by atoms with E-state index in [1.54, 1.807) is 0 Å². The third-order valence-corrected chi connectivity index (χ3v) is 8.38. The molecule has 0 atom stereocenters. The molecule has 1 N–H and O–H groups in total. The van der Waals surface area contributed by atoms with Gasteiger partial charge in [-0.25, -0.2) is 4.79 Å². The standard InChI is InChI=1S/C19H33NO4Si/c1-18(2,3)23-17(21)20-12-13-22-15-10-9-11-16(14-15)24-25(7,8)19(4,5)6/h9-11,14H,12-13H2,1-8H3,(H,20,21). The van der Waals surface area contributed by atoms with Gasteiger partial charge in [-0.05, 0) is 51.0 Å². The van der Waals surface area contributed by atoms with Gasteiger partial charge in [0.05, 0.1) is 6.54 Å². The molecule has 1 amide bonds. The predicted molar refractivity (Wildman–Crippen MR) is 104 cm³/mol. The zero-order valence-corrected chi connectivity index (χ0v) is 17.9. The Morgan fingerprint density at radius 3 is 2.24 bits per heavy atom. The quantitative estimate of drug-likeness (QED) is 0.569. The fraction of sp³-hybridized carbons (Fsp3) is 0.632. The molecule has 0 saturated carbocycles. The summed E-state index contributed by atoms with van der Waals surface area (Å²) < 4.78 is 17.1. The first-order valence-electron chi connectivity index (χ1n) is 8.69. The molecule has 0 unspecified atom stereocenters. The predicted octanol–water partition coefficient (Wildman–Crippen LogP) is 4.97. The second-order valence-electron chi connectivity index (χ2n) is 8.61. The highest BCUT2D eigenvalue weighted by Gasteiger charge is 2.38. The lowest BCUT2D eigenvalue weighted by Crippen LogP contribution is -2.43. The number of amides is 1. The minimum absolute atomic E-state index is 0.140. The first kappa shape index (κ1) is 21.3. The molecule has 142 valence electrons. The molecule has 0 aliphatic rings. The summed E-state index contributed by atoms with van der Waals surface area (Å²) in [6.45, 7) is 17.3. The summed E-state index contributed by atoms with van der Waals surface area (Å²) in [5.41, 5.74) is -0.500. The van der Waals surface area contributed by atoms with Crippen molar-refractivity contribution in [2.75, 3.05) is 13.2 Å². The van der Waals surface area contributed by atoms with E-state index >= 15 is 0 Å². The molecule has 6 heteroatoms. The van der Waals surface area contributed by atoms with E-state index in [1.165, 1.54) is 0 Å². The van der Waals surface area contributed by atoms with Crippen LogP contribution in [0.15, 0.2) is 24.3 Å². The second kappa shape index (κ2) is 8.12. The number of carbonyl (C=O) groups is 1. The highest BCUT2D eigenvalue weighted by atomic mass is 28.4. The summed E-state index contributed by atoms with van der Waals surface area (Å²) in [7, 11) is -1.87. The van der Waals surface area contributed by atoms with Gasteiger partial charge in [0.2, 0.25) is 8.32 Å². The van der Waals surface area contributed by atoms with E-state index in [0.29, 0.717) is 13.2 Å². The van der Waals surface area contributed by atoms with Crippen molar-refractivity contribution < 1.29 is 18.7 Å². The van der Waals surface area contributed by atoms with Crippen LogP contribution >= 0.6 is 0 Å². The number of nitrogens with one attached hydrogen (secondary N) is 1. The molecular formula is C19H33NO4Si. The topological polar surface area (TPSA) is 56.8 Å². The normalized spacial score (nSPS) is 12.5. The van der Waals surface area contributed by atoms with Crippen LogP contribution in [0.2, 0.25) is 18.1 Å². The molecule has 0 heterocycles. The van der Waals surface area contributed by atoms with Crippen molar-refractivity contribution in [2.45, 2.75) is 65.3 Å². The smallest absolute Gasteiger partial charge is 0.407 e. The number of alkyl carbamates (subject to hydrolysis) is 1. The van der Waals surface area contributed by atoms with E-state index in [4.69, 9.17) is 13.9 Å². The zero-order valence-electron chi connectivity index (χ0n) is 16.9. The monoisotopic (exact) mass is 367 g/mol. The molecule has 1 aromatic rings. The van der Waals surface area contributed by atoms with Gasteiger partial charge < -0.3 is 19.2 Å². The van der Waals surface area contributed by atoms with Gasteiger partial charge in [0, 0.05) is 6.07 Å². The summed E-state index contributed by atoms with van der Waals surface area (Å²) in [6, 6.07) is 7.64. The Morgan fingerprint density at radius 2 is 1.68 bits per heavy atom. The first-order chi connectivity index (χ1) is 11.3. The van der Waals surface area contributed by atoms with E-state index in [-0.39, 0.29) is 5.04 Å². The number of ether oxygens (including phenoxy) is 2. The van der Waals surface area contributed by atoms with Crippen molar-refractivity contribution in [3.05, 3.63) is 24.3 Å². The van der Waals surface area contributed by atoms with Crippen molar-refractivity contribution >= 4 is 14.4 Å². The van der Waals surface area contributed by atoms with Crippen LogP contribution in [0, 0.1) is 0 Å². The fourth-order valence-corrected chi connectivity index (χ4v) is 2.73. The lowest BCUT2D eigenvalue weighted by Gasteiger charge is -2.36. The molecule has 0 bridgehead atoms. The average Bonchev–Trinajstić information content (AvgIpc) is 2.40. The van der Waals surface area contributed by atoms with Crippen LogP contribution in [0.4, 0.5) is 4.79 Å². The van der Waals surface area contributed by atoms with Crippen molar-refractivity contribution in [3.8, 4) is 11.5 Å². The Bertz CT molecular complexity index is 574. The van der Waals surface area contributed by atoms with Gasteiger partial charge in [0.15, 0.2) is 0 Å². The SMILES string of the molecule is CC(C)(C)OC(=O)NCCOc1cccc(O[Si](C)(C)C(C)(C)C)c1. The van der Waals surface area contributed by atoms with Gasteiger partial charge in [0.25, 0.3) is 0 Å². The largest absolute Gasteiger partial charge is 0.543 e. The van der Waals surface area contributed by atoms with Crippen molar-refractivity contribution in [1.82, 2.24) is 5.32 Å².